The van der Waals surface area contributed by atoms with Crippen LogP contribution in [0.5, 0.6) is 0 Å². The monoisotopic (exact) mass is 188 g/mol. The minimum Gasteiger partial charge on any atom is -0.466 e. The fraction of sp³-hybridized carbons (Fsp3) is 0.250. The molecular weight excluding hydrogens is 176 g/mol. The van der Waals surface area contributed by atoms with E-state index in [9.17, 15) is 4.79 Å². The van der Waals surface area contributed by atoms with Gasteiger partial charge in [-0.05, 0) is 35.6 Å². The Morgan fingerprint density at radius 3 is 2.71 bits per heavy atom. The molecule has 0 spiro atoms. The average Bonchev–Trinajstić information content (AvgIpc) is 2.17. The molecule has 2 rings (SSSR count). The highest BCUT2D eigenvalue weighted by Crippen LogP contribution is 2.23. The van der Waals surface area contributed by atoms with Gasteiger partial charge < -0.3 is 4.74 Å². The van der Waals surface area contributed by atoms with Crippen LogP contribution >= 0.6 is 0 Å². The molecule has 0 saturated heterocycles. The summed E-state index contributed by atoms with van der Waals surface area (Å²) in [5.41, 5.74) is 3.89. The molecule has 0 aromatic heterocycles. The maximum atomic E-state index is 10.8. The third-order valence-electron chi connectivity index (χ3n) is 2.51. The van der Waals surface area contributed by atoms with Gasteiger partial charge in [0.05, 0.1) is 7.11 Å². The van der Waals surface area contributed by atoms with Crippen molar-refractivity contribution in [2.75, 3.05) is 7.11 Å². The molecule has 0 atom stereocenters. The standard InChI is InChI=1S/C12H12O2/c1-14-12(13)7-3-9-2-4-10-5-6-11(10)8-9/h2-4,7-8H,5-6H2,1H3. The highest BCUT2D eigenvalue weighted by atomic mass is 16.5. The Morgan fingerprint density at radius 2 is 2.14 bits per heavy atom. The molecule has 0 aliphatic heterocycles. The summed E-state index contributed by atoms with van der Waals surface area (Å²) in [4.78, 5) is 10.8. The number of rotatable bonds is 2. The van der Waals surface area contributed by atoms with Crippen LogP contribution in [0.15, 0.2) is 24.3 Å². The Labute approximate surface area is 83.2 Å². The van der Waals surface area contributed by atoms with Crippen LogP contribution in [0.4, 0.5) is 0 Å². The van der Waals surface area contributed by atoms with Crippen LogP contribution in [-0.4, -0.2) is 13.1 Å². The summed E-state index contributed by atoms with van der Waals surface area (Å²) in [6.07, 6.45) is 5.58. The van der Waals surface area contributed by atoms with Crippen molar-refractivity contribution in [2.45, 2.75) is 12.8 Å². The lowest BCUT2D eigenvalue weighted by molar-refractivity contribution is -0.134. The Balaban J connectivity index is 2.13. The number of carbonyl (C=O) groups is 1. The number of benzene rings is 1. The van der Waals surface area contributed by atoms with Gasteiger partial charge in [-0.3, -0.25) is 0 Å². The summed E-state index contributed by atoms with van der Waals surface area (Å²) >= 11 is 0. The van der Waals surface area contributed by atoms with Gasteiger partial charge in [0.1, 0.15) is 0 Å². The second-order valence-electron chi connectivity index (χ2n) is 3.38. The topological polar surface area (TPSA) is 26.3 Å². The van der Waals surface area contributed by atoms with Gasteiger partial charge in [0.25, 0.3) is 0 Å². The van der Waals surface area contributed by atoms with Crippen LogP contribution in [0.25, 0.3) is 6.08 Å². The maximum absolute atomic E-state index is 10.8. The Kier molecular flexibility index (Phi) is 2.35. The summed E-state index contributed by atoms with van der Waals surface area (Å²) < 4.78 is 4.51. The molecular formula is C12H12O2. The summed E-state index contributed by atoms with van der Waals surface area (Å²) in [5, 5.41) is 0. The van der Waals surface area contributed by atoms with E-state index in [-0.39, 0.29) is 5.97 Å². The van der Waals surface area contributed by atoms with Crippen LogP contribution in [0.2, 0.25) is 0 Å². The fourth-order valence-corrected chi connectivity index (χ4v) is 1.55. The van der Waals surface area contributed by atoms with Crippen molar-refractivity contribution >= 4 is 12.0 Å². The minimum absolute atomic E-state index is 0.312. The van der Waals surface area contributed by atoms with Gasteiger partial charge in [-0.15, -0.1) is 0 Å². The molecule has 0 radical (unpaired) electrons. The number of esters is 1. The molecule has 0 saturated carbocycles. The lowest BCUT2D eigenvalue weighted by atomic mass is 9.87. The third-order valence-corrected chi connectivity index (χ3v) is 2.51. The van der Waals surface area contributed by atoms with Gasteiger partial charge in [0, 0.05) is 6.08 Å². The molecule has 2 heteroatoms. The summed E-state index contributed by atoms with van der Waals surface area (Å²) in [7, 11) is 1.38. The van der Waals surface area contributed by atoms with Crippen LogP contribution in [0.3, 0.4) is 0 Å². The highest BCUT2D eigenvalue weighted by molar-refractivity contribution is 5.86. The van der Waals surface area contributed by atoms with E-state index in [4.69, 9.17) is 0 Å². The van der Waals surface area contributed by atoms with E-state index in [0.29, 0.717) is 0 Å². The lowest BCUT2D eigenvalue weighted by Crippen LogP contribution is -2.07. The normalized spacial score (nSPS) is 13.5. The van der Waals surface area contributed by atoms with Crippen LogP contribution in [0.1, 0.15) is 16.7 Å². The third kappa shape index (κ3) is 1.69. The SMILES string of the molecule is COC(=O)C=Cc1ccc2c(c1)CC2. The zero-order chi connectivity index (χ0) is 9.97. The number of fused-ring (bicyclic) bond motifs is 1. The summed E-state index contributed by atoms with van der Waals surface area (Å²) in [6.45, 7) is 0. The molecule has 0 amide bonds. The molecule has 1 aliphatic rings. The highest BCUT2D eigenvalue weighted by Gasteiger charge is 2.11. The number of methoxy groups -OCH3 is 1. The molecule has 1 aliphatic carbocycles. The van der Waals surface area contributed by atoms with Crippen molar-refractivity contribution in [3.05, 3.63) is 41.0 Å². The van der Waals surface area contributed by atoms with Crippen molar-refractivity contribution in [2.24, 2.45) is 0 Å². The van der Waals surface area contributed by atoms with Gasteiger partial charge in [-0.25, -0.2) is 4.79 Å². The second-order valence-corrected chi connectivity index (χ2v) is 3.38. The van der Waals surface area contributed by atoms with E-state index in [2.05, 4.69) is 16.9 Å². The van der Waals surface area contributed by atoms with Crippen LogP contribution < -0.4 is 0 Å². The van der Waals surface area contributed by atoms with Crippen molar-refractivity contribution in [1.82, 2.24) is 0 Å². The zero-order valence-corrected chi connectivity index (χ0v) is 8.12. The van der Waals surface area contributed by atoms with Crippen molar-refractivity contribution < 1.29 is 9.53 Å². The van der Waals surface area contributed by atoms with Crippen molar-refractivity contribution in [3.8, 4) is 0 Å². The van der Waals surface area contributed by atoms with Crippen molar-refractivity contribution in [3.63, 3.8) is 0 Å². The molecule has 0 unspecified atom stereocenters. The zero-order valence-electron chi connectivity index (χ0n) is 8.12. The quantitative estimate of drug-likeness (QED) is 0.524. The molecule has 0 fully saturated rings. The van der Waals surface area contributed by atoms with E-state index >= 15 is 0 Å². The predicted octanol–water partition coefficient (Wildman–Crippen LogP) is 1.97. The Bertz CT molecular complexity index is 391. The van der Waals surface area contributed by atoms with Gasteiger partial charge in [-0.1, -0.05) is 18.2 Å². The maximum Gasteiger partial charge on any atom is 0.330 e. The first-order chi connectivity index (χ1) is 6.79. The molecule has 72 valence electrons. The predicted molar refractivity (Wildman–Crippen MR) is 54.9 cm³/mol. The number of hydrogen-bond acceptors (Lipinski definition) is 2. The van der Waals surface area contributed by atoms with Gasteiger partial charge in [0.2, 0.25) is 0 Å². The average molecular weight is 188 g/mol. The van der Waals surface area contributed by atoms with Gasteiger partial charge in [0.15, 0.2) is 0 Å². The largest absolute Gasteiger partial charge is 0.466 e. The van der Waals surface area contributed by atoms with E-state index in [1.54, 1.807) is 6.08 Å². The fourth-order valence-electron chi connectivity index (χ4n) is 1.55. The summed E-state index contributed by atoms with van der Waals surface area (Å²) in [5.74, 6) is -0.312. The van der Waals surface area contributed by atoms with Crippen LogP contribution in [-0.2, 0) is 22.4 Å². The van der Waals surface area contributed by atoms with Gasteiger partial charge in [-0.2, -0.15) is 0 Å². The second kappa shape index (κ2) is 3.66. The van der Waals surface area contributed by atoms with E-state index < -0.39 is 0 Å². The molecule has 0 bridgehead atoms. The number of aryl methyl sites for hydroxylation is 2. The van der Waals surface area contributed by atoms with Crippen LogP contribution in [0, 0.1) is 0 Å². The molecule has 0 N–H and O–H groups in total. The number of carbonyl (C=O) groups excluding carboxylic acids is 1. The molecule has 0 heterocycles. The summed E-state index contributed by atoms with van der Waals surface area (Å²) in [6, 6.07) is 6.27. The molecule has 14 heavy (non-hydrogen) atoms. The minimum atomic E-state index is -0.312. The molecule has 1 aromatic rings. The van der Waals surface area contributed by atoms with E-state index in [1.807, 2.05) is 6.07 Å². The Hall–Kier alpha value is -1.57. The first-order valence-corrected chi connectivity index (χ1v) is 4.67. The van der Waals surface area contributed by atoms with E-state index in [0.717, 1.165) is 12.0 Å². The van der Waals surface area contributed by atoms with E-state index in [1.165, 1.54) is 30.7 Å². The number of hydrogen-bond donors (Lipinski definition) is 0. The molecule has 2 nitrogen and oxygen atoms in total. The number of ether oxygens (including phenoxy) is 1. The molecule has 1 aromatic carbocycles. The van der Waals surface area contributed by atoms with Gasteiger partial charge >= 0.3 is 5.97 Å². The lowest BCUT2D eigenvalue weighted by Gasteiger charge is -2.18. The Morgan fingerprint density at radius 1 is 1.36 bits per heavy atom. The first kappa shape index (κ1) is 9.00. The van der Waals surface area contributed by atoms with Crippen molar-refractivity contribution in [1.29, 1.82) is 0 Å². The first-order valence-electron chi connectivity index (χ1n) is 4.67. The smallest absolute Gasteiger partial charge is 0.330 e.